The number of thioether (sulfide) groups is 1. The quantitative estimate of drug-likeness (QED) is 0.557. The number of halogens is 4. The summed E-state index contributed by atoms with van der Waals surface area (Å²) in [5, 5.41) is -0.556. The Hall–Kier alpha value is -2.55. The fourth-order valence-corrected chi connectivity index (χ4v) is 4.63. The number of nitrogens with zero attached hydrogens (tertiary/aromatic N) is 2. The third-order valence-corrected chi connectivity index (χ3v) is 5.85. The van der Waals surface area contributed by atoms with Crippen molar-refractivity contribution in [3.63, 3.8) is 0 Å². The van der Waals surface area contributed by atoms with Crippen LogP contribution in [0, 0.1) is 5.82 Å². The highest BCUT2D eigenvalue weighted by Gasteiger charge is 2.53. The van der Waals surface area contributed by atoms with Gasteiger partial charge in [-0.25, -0.2) is 14.1 Å². The zero-order chi connectivity index (χ0) is 19.3. The summed E-state index contributed by atoms with van der Waals surface area (Å²) >= 11 is 1.32. The molecule has 4 nitrogen and oxygen atoms in total. The molecule has 27 heavy (non-hydrogen) atoms. The molecule has 0 N–H and O–H groups in total. The standard InChI is InChI=1S/C18H12F4N2O2S/c19-12-5-7-13(8-6-12)23-15(25)14-9-27-16(24(14)17(23)26)10-1-3-11(4-2-10)18(20,21)22/h1-8,14,16H,9H2/t14-,16+/m0/s1. The third-order valence-electron chi connectivity index (χ3n) is 4.53. The number of carbonyl (C=O) groups is 2. The second-order valence-electron chi connectivity index (χ2n) is 6.16. The van der Waals surface area contributed by atoms with Gasteiger partial charge in [0, 0.05) is 5.75 Å². The lowest BCUT2D eigenvalue weighted by molar-refractivity contribution is -0.137. The van der Waals surface area contributed by atoms with Crippen molar-refractivity contribution in [1.82, 2.24) is 4.90 Å². The summed E-state index contributed by atoms with van der Waals surface area (Å²) in [5.74, 6) is -0.571. The predicted octanol–water partition coefficient (Wildman–Crippen LogP) is 4.43. The second kappa shape index (κ2) is 6.26. The Bertz CT molecular complexity index is 899. The van der Waals surface area contributed by atoms with Crippen molar-refractivity contribution in [2.75, 3.05) is 10.7 Å². The fourth-order valence-electron chi connectivity index (χ4n) is 3.21. The normalized spacial score (nSPS) is 22.5. The van der Waals surface area contributed by atoms with Gasteiger partial charge in [0.2, 0.25) is 0 Å². The number of alkyl halides is 3. The first kappa shape index (κ1) is 17.8. The zero-order valence-corrected chi connectivity index (χ0v) is 14.4. The molecule has 2 atom stereocenters. The van der Waals surface area contributed by atoms with Gasteiger partial charge in [-0.2, -0.15) is 13.2 Å². The van der Waals surface area contributed by atoms with E-state index in [9.17, 15) is 27.2 Å². The first-order chi connectivity index (χ1) is 12.8. The molecule has 3 amide bonds. The van der Waals surface area contributed by atoms with E-state index in [1.165, 1.54) is 40.9 Å². The summed E-state index contributed by atoms with van der Waals surface area (Å²) in [6, 6.07) is 8.30. The molecule has 0 bridgehead atoms. The molecule has 0 spiro atoms. The van der Waals surface area contributed by atoms with Gasteiger partial charge >= 0.3 is 12.2 Å². The smallest absolute Gasteiger partial charge is 0.295 e. The number of anilines is 1. The predicted molar refractivity (Wildman–Crippen MR) is 91.6 cm³/mol. The lowest BCUT2D eigenvalue weighted by Gasteiger charge is -2.23. The molecule has 0 radical (unpaired) electrons. The van der Waals surface area contributed by atoms with Gasteiger partial charge in [-0.15, -0.1) is 11.8 Å². The number of amides is 3. The van der Waals surface area contributed by atoms with Crippen molar-refractivity contribution < 1.29 is 27.2 Å². The summed E-state index contributed by atoms with van der Waals surface area (Å²) in [6.45, 7) is 0. The Morgan fingerprint density at radius 1 is 0.963 bits per heavy atom. The molecule has 2 aliphatic rings. The van der Waals surface area contributed by atoms with Crippen LogP contribution in [0.4, 0.5) is 28.0 Å². The van der Waals surface area contributed by atoms with Gasteiger partial charge in [0.15, 0.2) is 0 Å². The van der Waals surface area contributed by atoms with Crippen LogP contribution in [0.2, 0.25) is 0 Å². The van der Waals surface area contributed by atoms with E-state index in [1.807, 2.05) is 0 Å². The van der Waals surface area contributed by atoms with Crippen molar-refractivity contribution in [3.05, 3.63) is 65.5 Å². The number of hydrogen-bond donors (Lipinski definition) is 0. The highest BCUT2D eigenvalue weighted by Crippen LogP contribution is 2.46. The Morgan fingerprint density at radius 3 is 2.19 bits per heavy atom. The van der Waals surface area contributed by atoms with E-state index in [4.69, 9.17) is 0 Å². The Kier molecular flexibility index (Phi) is 4.14. The van der Waals surface area contributed by atoms with Crippen molar-refractivity contribution >= 4 is 29.4 Å². The van der Waals surface area contributed by atoms with Crippen LogP contribution in [0.25, 0.3) is 0 Å². The first-order valence-electron chi connectivity index (χ1n) is 7.98. The SMILES string of the molecule is O=C1[C@@H]2CS[C@H](c3ccc(C(F)(F)F)cc3)N2C(=O)N1c1ccc(F)cc1. The number of rotatable bonds is 2. The second-order valence-corrected chi connectivity index (χ2v) is 7.27. The maximum Gasteiger partial charge on any atom is 0.416 e. The molecule has 0 saturated carbocycles. The molecule has 0 aromatic heterocycles. The number of benzene rings is 2. The van der Waals surface area contributed by atoms with Crippen LogP contribution in [0.5, 0.6) is 0 Å². The highest BCUT2D eigenvalue weighted by atomic mass is 32.2. The van der Waals surface area contributed by atoms with E-state index >= 15 is 0 Å². The fraction of sp³-hybridized carbons (Fsp3) is 0.222. The molecule has 2 heterocycles. The van der Waals surface area contributed by atoms with Crippen LogP contribution in [0.15, 0.2) is 48.5 Å². The number of urea groups is 1. The van der Waals surface area contributed by atoms with Crippen molar-refractivity contribution in [3.8, 4) is 0 Å². The molecule has 2 aromatic rings. The van der Waals surface area contributed by atoms with Crippen LogP contribution in [-0.2, 0) is 11.0 Å². The molecular formula is C18H12F4N2O2S. The summed E-state index contributed by atoms with van der Waals surface area (Å²) in [5.41, 5.74) is -0.00265. The van der Waals surface area contributed by atoms with Crippen LogP contribution in [0.1, 0.15) is 16.5 Å². The molecule has 0 aliphatic carbocycles. The minimum absolute atomic E-state index is 0.261. The largest absolute Gasteiger partial charge is 0.416 e. The average molecular weight is 396 g/mol. The molecule has 4 rings (SSSR count). The van der Waals surface area contributed by atoms with Gasteiger partial charge in [0.25, 0.3) is 5.91 Å². The molecule has 2 aliphatic heterocycles. The number of hydrogen-bond acceptors (Lipinski definition) is 3. The van der Waals surface area contributed by atoms with E-state index in [0.29, 0.717) is 11.3 Å². The molecule has 2 aromatic carbocycles. The van der Waals surface area contributed by atoms with Crippen LogP contribution < -0.4 is 4.90 Å². The number of fused-ring (bicyclic) bond motifs is 1. The lowest BCUT2D eigenvalue weighted by Crippen LogP contribution is -2.33. The van der Waals surface area contributed by atoms with E-state index in [0.717, 1.165) is 29.2 Å². The summed E-state index contributed by atoms with van der Waals surface area (Å²) in [6.07, 6.45) is -4.44. The molecule has 0 unspecified atom stereocenters. The van der Waals surface area contributed by atoms with Gasteiger partial charge < -0.3 is 0 Å². The number of imide groups is 1. The topological polar surface area (TPSA) is 40.6 Å². The minimum atomic E-state index is -4.44. The van der Waals surface area contributed by atoms with E-state index in [-0.39, 0.29) is 5.69 Å². The zero-order valence-electron chi connectivity index (χ0n) is 13.6. The monoisotopic (exact) mass is 396 g/mol. The number of carbonyl (C=O) groups excluding carboxylic acids is 2. The Morgan fingerprint density at radius 2 is 1.59 bits per heavy atom. The van der Waals surface area contributed by atoms with Gasteiger partial charge in [-0.05, 0) is 42.0 Å². The summed E-state index contributed by atoms with van der Waals surface area (Å²) < 4.78 is 51.4. The van der Waals surface area contributed by atoms with Gasteiger partial charge in [0.1, 0.15) is 17.2 Å². The first-order valence-corrected chi connectivity index (χ1v) is 9.03. The van der Waals surface area contributed by atoms with Crippen LogP contribution in [-0.4, -0.2) is 28.6 Å². The molecule has 2 fully saturated rings. The van der Waals surface area contributed by atoms with Gasteiger partial charge in [-0.3, -0.25) is 9.69 Å². The van der Waals surface area contributed by atoms with E-state index in [1.54, 1.807) is 0 Å². The van der Waals surface area contributed by atoms with Crippen molar-refractivity contribution in [1.29, 1.82) is 0 Å². The summed E-state index contributed by atoms with van der Waals surface area (Å²) in [4.78, 5) is 27.9. The van der Waals surface area contributed by atoms with E-state index < -0.39 is 40.9 Å². The lowest BCUT2D eigenvalue weighted by atomic mass is 10.1. The highest BCUT2D eigenvalue weighted by molar-refractivity contribution is 7.99. The van der Waals surface area contributed by atoms with E-state index in [2.05, 4.69) is 0 Å². The van der Waals surface area contributed by atoms with Gasteiger partial charge in [-0.1, -0.05) is 12.1 Å². The van der Waals surface area contributed by atoms with Crippen LogP contribution in [0.3, 0.4) is 0 Å². The Balaban J connectivity index is 1.63. The average Bonchev–Trinajstić information content (AvgIpc) is 3.16. The van der Waals surface area contributed by atoms with Crippen LogP contribution >= 0.6 is 11.8 Å². The van der Waals surface area contributed by atoms with Crippen molar-refractivity contribution in [2.45, 2.75) is 17.6 Å². The maximum atomic E-state index is 13.1. The maximum absolute atomic E-state index is 13.1. The molecule has 2 saturated heterocycles. The van der Waals surface area contributed by atoms with Gasteiger partial charge in [0.05, 0.1) is 11.3 Å². The third kappa shape index (κ3) is 2.95. The van der Waals surface area contributed by atoms with Crippen molar-refractivity contribution in [2.24, 2.45) is 0 Å². The summed E-state index contributed by atoms with van der Waals surface area (Å²) in [7, 11) is 0. The molecule has 140 valence electrons. The molecule has 9 heteroatoms. The Labute approximate surface area is 155 Å². The molecular weight excluding hydrogens is 384 g/mol. The minimum Gasteiger partial charge on any atom is -0.295 e.